The lowest BCUT2D eigenvalue weighted by molar-refractivity contribution is -0.114. The highest BCUT2D eigenvalue weighted by atomic mass is 79.9. The van der Waals surface area contributed by atoms with Crippen molar-refractivity contribution in [2.45, 2.75) is 4.45 Å². The van der Waals surface area contributed by atoms with Crippen LogP contribution in [-0.4, -0.2) is 23.7 Å². The zero-order valence-corrected chi connectivity index (χ0v) is 11.0. The van der Waals surface area contributed by atoms with Gasteiger partial charge in [0.2, 0.25) is 0 Å². The Morgan fingerprint density at radius 1 is 1.28 bits per heavy atom. The first-order valence-electron chi connectivity index (χ1n) is 5.55. The molecule has 2 heterocycles. The van der Waals surface area contributed by atoms with Crippen molar-refractivity contribution < 1.29 is 4.79 Å². The molecule has 1 aliphatic heterocycles. The second-order valence-corrected chi connectivity index (χ2v) is 5.42. The number of hydrogen-bond acceptors (Lipinski definition) is 3. The van der Waals surface area contributed by atoms with Crippen LogP contribution in [0.25, 0.3) is 10.9 Å². The summed E-state index contributed by atoms with van der Waals surface area (Å²) in [6.45, 7) is 0.427. The molecule has 3 rings (SSSR count). The van der Waals surface area contributed by atoms with Crippen LogP contribution < -0.4 is 5.32 Å². The van der Waals surface area contributed by atoms with E-state index in [0.29, 0.717) is 6.54 Å². The largest absolute Gasteiger partial charge is 0.348 e. The number of carbonyl (C=O) groups excluding carboxylic acids is 1. The van der Waals surface area contributed by atoms with E-state index in [1.807, 2.05) is 30.3 Å². The first-order chi connectivity index (χ1) is 8.69. The van der Waals surface area contributed by atoms with Crippen molar-refractivity contribution >= 4 is 39.0 Å². The van der Waals surface area contributed by atoms with Gasteiger partial charge in [-0.15, -0.1) is 0 Å². The number of nitrogens with one attached hydrogen (secondary N) is 1. The molecule has 1 aliphatic rings. The van der Waals surface area contributed by atoms with Crippen molar-refractivity contribution in [1.82, 2.24) is 10.3 Å². The molecule has 5 heteroatoms. The number of halogens is 1. The fraction of sp³-hybridized carbons (Fsp3) is 0.154. The van der Waals surface area contributed by atoms with Gasteiger partial charge < -0.3 is 5.32 Å². The number of alkyl halides is 1. The summed E-state index contributed by atoms with van der Waals surface area (Å²) >= 11 is 3.61. The zero-order chi connectivity index (χ0) is 12.6. The molecule has 18 heavy (non-hydrogen) atoms. The lowest BCUT2D eigenvalue weighted by atomic mass is 10.0. The van der Waals surface area contributed by atoms with Gasteiger partial charge in [-0.1, -0.05) is 34.1 Å². The molecule has 90 valence electrons. The van der Waals surface area contributed by atoms with E-state index in [2.05, 4.69) is 31.2 Å². The third kappa shape index (κ3) is 1.80. The van der Waals surface area contributed by atoms with Gasteiger partial charge in [-0.3, -0.25) is 14.8 Å². The number of rotatable bonds is 1. The molecule has 1 N–H and O–H groups in total. The van der Waals surface area contributed by atoms with Crippen LogP contribution in [0.3, 0.4) is 0 Å². The van der Waals surface area contributed by atoms with Crippen molar-refractivity contribution in [3.63, 3.8) is 0 Å². The fourth-order valence-corrected chi connectivity index (χ4v) is 2.65. The molecule has 0 saturated heterocycles. The Hall–Kier alpha value is -1.75. The van der Waals surface area contributed by atoms with Gasteiger partial charge in [-0.25, -0.2) is 0 Å². The lowest BCUT2D eigenvalue weighted by Crippen LogP contribution is -2.41. The number of nitrogens with zero attached hydrogens (tertiary/aromatic N) is 2. The predicted molar refractivity (Wildman–Crippen MR) is 73.8 cm³/mol. The summed E-state index contributed by atoms with van der Waals surface area (Å²) in [7, 11) is 0. The van der Waals surface area contributed by atoms with E-state index in [-0.39, 0.29) is 5.91 Å². The molecule has 0 saturated carbocycles. The van der Waals surface area contributed by atoms with Crippen LogP contribution in [0.4, 0.5) is 0 Å². The molecule has 1 atom stereocenters. The van der Waals surface area contributed by atoms with Crippen LogP contribution in [0.5, 0.6) is 0 Å². The van der Waals surface area contributed by atoms with Crippen LogP contribution in [0.15, 0.2) is 41.5 Å². The Labute approximate surface area is 112 Å². The topological polar surface area (TPSA) is 54.4 Å². The van der Waals surface area contributed by atoms with E-state index >= 15 is 0 Å². The van der Waals surface area contributed by atoms with Gasteiger partial charge in [0, 0.05) is 17.1 Å². The minimum atomic E-state index is -0.608. The van der Waals surface area contributed by atoms with Gasteiger partial charge in [0.25, 0.3) is 5.91 Å². The lowest BCUT2D eigenvalue weighted by Gasteiger charge is -2.27. The molecule has 1 aromatic carbocycles. The molecule has 1 unspecified atom stereocenters. The highest BCUT2D eigenvalue weighted by Gasteiger charge is 2.32. The molecule has 0 aliphatic carbocycles. The molecule has 1 amide bonds. The highest BCUT2D eigenvalue weighted by Crippen LogP contribution is 2.37. The molecule has 4 nitrogen and oxygen atoms in total. The number of carbonyl (C=O) groups is 1. The quantitative estimate of drug-likeness (QED) is 0.647. The van der Waals surface area contributed by atoms with Gasteiger partial charge >= 0.3 is 0 Å². The second-order valence-electron chi connectivity index (χ2n) is 4.11. The molecule has 0 fully saturated rings. The van der Waals surface area contributed by atoms with Crippen molar-refractivity contribution in [1.29, 1.82) is 0 Å². The van der Waals surface area contributed by atoms with Crippen molar-refractivity contribution in [2.75, 3.05) is 6.54 Å². The van der Waals surface area contributed by atoms with Gasteiger partial charge in [0.1, 0.15) is 0 Å². The average molecular weight is 304 g/mol. The van der Waals surface area contributed by atoms with E-state index in [9.17, 15) is 4.79 Å². The van der Waals surface area contributed by atoms with E-state index in [1.54, 1.807) is 6.20 Å². The Balaban J connectivity index is 2.20. The van der Waals surface area contributed by atoms with Crippen molar-refractivity contribution in [3.05, 3.63) is 42.1 Å². The molecule has 2 aromatic rings. The van der Waals surface area contributed by atoms with E-state index in [0.717, 1.165) is 16.5 Å². The minimum absolute atomic E-state index is 0.163. The molecule has 0 radical (unpaired) electrons. The first kappa shape index (κ1) is 11.3. The molecule has 0 bridgehead atoms. The monoisotopic (exact) mass is 303 g/mol. The maximum absolute atomic E-state index is 11.2. The Bertz CT molecular complexity index is 650. The number of aromatic nitrogens is 1. The Morgan fingerprint density at radius 3 is 2.94 bits per heavy atom. The van der Waals surface area contributed by atoms with Crippen molar-refractivity contribution in [2.24, 2.45) is 4.99 Å². The van der Waals surface area contributed by atoms with E-state index in [4.69, 9.17) is 0 Å². The standard InChI is InChI=1S/C13H10BrN3O/c14-13(8-16-12(18)7-17-13)10-4-1-5-11-9(10)3-2-6-15-11/h1-7H,8H2,(H,16,18). The van der Waals surface area contributed by atoms with Crippen molar-refractivity contribution in [3.8, 4) is 0 Å². The van der Waals surface area contributed by atoms with Gasteiger partial charge in [-0.2, -0.15) is 0 Å². The van der Waals surface area contributed by atoms with Crippen LogP contribution in [0.1, 0.15) is 5.56 Å². The summed E-state index contributed by atoms with van der Waals surface area (Å²) in [6, 6.07) is 9.80. The Morgan fingerprint density at radius 2 is 2.17 bits per heavy atom. The highest BCUT2D eigenvalue weighted by molar-refractivity contribution is 9.09. The zero-order valence-electron chi connectivity index (χ0n) is 9.43. The maximum atomic E-state index is 11.2. The normalized spacial score (nSPS) is 23.1. The SMILES string of the molecule is O=C1C=NC(Br)(c2cccc3ncccc23)CN1. The third-order valence-electron chi connectivity index (χ3n) is 2.94. The number of benzene rings is 1. The molecule has 0 spiro atoms. The molecule has 1 aromatic heterocycles. The number of hydrogen-bond donors (Lipinski definition) is 1. The summed E-state index contributed by atoms with van der Waals surface area (Å²) in [5.74, 6) is -0.163. The minimum Gasteiger partial charge on any atom is -0.348 e. The van der Waals surface area contributed by atoms with Crippen LogP contribution >= 0.6 is 15.9 Å². The van der Waals surface area contributed by atoms with Gasteiger partial charge in [0.15, 0.2) is 4.45 Å². The van der Waals surface area contributed by atoms with E-state index < -0.39 is 4.45 Å². The first-order valence-corrected chi connectivity index (χ1v) is 6.34. The smallest absolute Gasteiger partial charge is 0.262 e. The van der Waals surface area contributed by atoms with E-state index in [1.165, 1.54) is 6.21 Å². The fourth-order valence-electron chi connectivity index (χ4n) is 2.06. The Kier molecular flexibility index (Phi) is 2.63. The number of pyridine rings is 1. The number of aliphatic imine (C=N–C) groups is 1. The summed E-state index contributed by atoms with van der Waals surface area (Å²) in [4.78, 5) is 19.8. The molecular weight excluding hydrogens is 294 g/mol. The number of amides is 1. The van der Waals surface area contributed by atoms with Crippen LogP contribution in [0, 0.1) is 0 Å². The van der Waals surface area contributed by atoms with Crippen LogP contribution in [0.2, 0.25) is 0 Å². The summed E-state index contributed by atoms with van der Waals surface area (Å²) in [5, 5.41) is 3.81. The second kappa shape index (κ2) is 4.17. The van der Waals surface area contributed by atoms with Gasteiger partial charge in [-0.05, 0) is 12.1 Å². The predicted octanol–water partition coefficient (Wildman–Crippen LogP) is 1.98. The van der Waals surface area contributed by atoms with Gasteiger partial charge in [0.05, 0.1) is 18.3 Å². The summed E-state index contributed by atoms with van der Waals surface area (Å²) < 4.78 is -0.608. The maximum Gasteiger partial charge on any atom is 0.262 e. The number of fused-ring (bicyclic) bond motifs is 1. The molecular formula is C13H10BrN3O. The summed E-state index contributed by atoms with van der Waals surface area (Å²) in [5.41, 5.74) is 1.92. The summed E-state index contributed by atoms with van der Waals surface area (Å²) in [6.07, 6.45) is 3.08. The van der Waals surface area contributed by atoms with Crippen LogP contribution in [-0.2, 0) is 9.24 Å². The average Bonchev–Trinajstić information content (AvgIpc) is 2.42. The third-order valence-corrected chi connectivity index (χ3v) is 3.85.